The molecule has 1 aromatic rings. The van der Waals surface area contributed by atoms with Crippen molar-refractivity contribution < 1.29 is 4.74 Å². The molecule has 0 radical (unpaired) electrons. The molecule has 1 aromatic heterocycles. The van der Waals surface area contributed by atoms with Crippen molar-refractivity contribution in [3.05, 3.63) is 11.9 Å². The van der Waals surface area contributed by atoms with Gasteiger partial charge in [0.05, 0.1) is 7.11 Å². The smallest absolute Gasteiger partial charge is 0.218 e. The Morgan fingerprint density at radius 2 is 2.11 bits per heavy atom. The van der Waals surface area contributed by atoms with Crippen LogP contribution in [0.2, 0.25) is 0 Å². The van der Waals surface area contributed by atoms with Crippen LogP contribution in [-0.4, -0.2) is 48.2 Å². The van der Waals surface area contributed by atoms with Crippen LogP contribution in [0.25, 0.3) is 0 Å². The Bertz CT molecular complexity index is 402. The van der Waals surface area contributed by atoms with Gasteiger partial charge in [-0.2, -0.15) is 4.98 Å². The van der Waals surface area contributed by atoms with Crippen molar-refractivity contribution in [1.29, 1.82) is 0 Å². The Hall–Kier alpha value is -1.36. The van der Waals surface area contributed by atoms with E-state index < -0.39 is 0 Å². The number of piperidine rings is 1. The third-order valence-electron chi connectivity index (χ3n) is 3.63. The van der Waals surface area contributed by atoms with E-state index in [4.69, 9.17) is 4.74 Å². The van der Waals surface area contributed by atoms with E-state index in [2.05, 4.69) is 27.1 Å². The van der Waals surface area contributed by atoms with Crippen LogP contribution in [0.4, 0.5) is 5.82 Å². The van der Waals surface area contributed by atoms with E-state index in [0.717, 1.165) is 30.6 Å². The molecule has 0 amide bonds. The Balaban J connectivity index is 1.77. The van der Waals surface area contributed by atoms with Gasteiger partial charge >= 0.3 is 0 Å². The predicted octanol–water partition coefficient (Wildman–Crippen LogP) is 1.94. The monoisotopic (exact) mass is 264 g/mol. The van der Waals surface area contributed by atoms with Gasteiger partial charge in [0.2, 0.25) is 5.88 Å². The lowest BCUT2D eigenvalue weighted by atomic mass is 9.99. The summed E-state index contributed by atoms with van der Waals surface area (Å²) in [5.41, 5.74) is 0. The third-order valence-corrected chi connectivity index (χ3v) is 3.63. The molecule has 0 aromatic carbocycles. The minimum Gasteiger partial charge on any atom is -0.481 e. The summed E-state index contributed by atoms with van der Waals surface area (Å²) in [6.07, 6.45) is 2.64. The van der Waals surface area contributed by atoms with Crippen molar-refractivity contribution in [2.45, 2.75) is 26.7 Å². The van der Waals surface area contributed by atoms with Crippen molar-refractivity contribution in [3.8, 4) is 5.88 Å². The molecule has 0 atom stereocenters. The molecule has 5 nitrogen and oxygen atoms in total. The van der Waals surface area contributed by atoms with Crippen molar-refractivity contribution in [2.24, 2.45) is 5.92 Å². The molecular weight excluding hydrogens is 240 g/mol. The summed E-state index contributed by atoms with van der Waals surface area (Å²) in [6, 6.07) is 1.84. The first kappa shape index (κ1) is 14.1. The molecule has 1 fully saturated rings. The molecule has 1 N–H and O–H groups in total. The SMILES string of the molecule is COc1cc(NCCN2CCC(C)CC2)nc(C)n1. The maximum absolute atomic E-state index is 5.14. The molecule has 2 heterocycles. The summed E-state index contributed by atoms with van der Waals surface area (Å²) >= 11 is 0. The van der Waals surface area contributed by atoms with Crippen LogP contribution in [0.15, 0.2) is 6.07 Å². The van der Waals surface area contributed by atoms with E-state index in [-0.39, 0.29) is 0 Å². The van der Waals surface area contributed by atoms with Gasteiger partial charge in [-0.15, -0.1) is 0 Å². The number of nitrogens with one attached hydrogen (secondary N) is 1. The van der Waals surface area contributed by atoms with Gasteiger partial charge in [0, 0.05) is 19.2 Å². The van der Waals surface area contributed by atoms with Crippen LogP contribution in [0.3, 0.4) is 0 Å². The van der Waals surface area contributed by atoms with Crippen LogP contribution in [-0.2, 0) is 0 Å². The fraction of sp³-hybridized carbons (Fsp3) is 0.714. The largest absolute Gasteiger partial charge is 0.481 e. The number of aromatic nitrogens is 2. The molecule has 1 saturated heterocycles. The summed E-state index contributed by atoms with van der Waals surface area (Å²) in [7, 11) is 1.63. The first-order valence-electron chi connectivity index (χ1n) is 7.03. The van der Waals surface area contributed by atoms with Crippen molar-refractivity contribution in [3.63, 3.8) is 0 Å². The van der Waals surface area contributed by atoms with Crippen molar-refractivity contribution >= 4 is 5.82 Å². The fourth-order valence-corrected chi connectivity index (χ4v) is 2.36. The molecule has 5 heteroatoms. The number of ether oxygens (including phenoxy) is 1. The Morgan fingerprint density at radius 3 is 2.79 bits per heavy atom. The lowest BCUT2D eigenvalue weighted by Crippen LogP contribution is -2.36. The van der Waals surface area contributed by atoms with Gasteiger partial charge < -0.3 is 15.0 Å². The van der Waals surface area contributed by atoms with E-state index in [1.807, 2.05) is 13.0 Å². The lowest BCUT2D eigenvalue weighted by Gasteiger charge is -2.30. The highest BCUT2D eigenvalue weighted by atomic mass is 16.5. The standard InChI is InChI=1S/C14H24N4O/c1-11-4-7-18(8-5-11)9-6-15-13-10-14(19-3)17-12(2)16-13/h10-11H,4-9H2,1-3H3,(H,15,16,17). The highest BCUT2D eigenvalue weighted by Crippen LogP contribution is 2.16. The Labute approximate surface area is 115 Å². The van der Waals surface area contributed by atoms with Gasteiger partial charge in [-0.05, 0) is 38.8 Å². The topological polar surface area (TPSA) is 50.3 Å². The molecule has 0 spiro atoms. The summed E-state index contributed by atoms with van der Waals surface area (Å²) in [5, 5.41) is 3.35. The van der Waals surface area contributed by atoms with Gasteiger partial charge in [0.1, 0.15) is 11.6 Å². The average molecular weight is 264 g/mol. The predicted molar refractivity (Wildman–Crippen MR) is 76.6 cm³/mol. The maximum atomic E-state index is 5.14. The minimum atomic E-state index is 0.613. The first-order valence-corrected chi connectivity index (χ1v) is 7.03. The summed E-state index contributed by atoms with van der Waals surface area (Å²) < 4.78 is 5.14. The molecule has 0 saturated carbocycles. The second-order valence-electron chi connectivity index (χ2n) is 5.29. The van der Waals surface area contributed by atoms with Gasteiger partial charge in [0.25, 0.3) is 0 Å². The lowest BCUT2D eigenvalue weighted by molar-refractivity contribution is 0.199. The normalized spacial score (nSPS) is 17.4. The van der Waals surface area contributed by atoms with Gasteiger partial charge in [0.15, 0.2) is 0 Å². The summed E-state index contributed by atoms with van der Waals surface area (Å²) in [6.45, 7) is 8.63. The number of rotatable bonds is 5. The van der Waals surface area contributed by atoms with Crippen LogP contribution in [0.1, 0.15) is 25.6 Å². The molecule has 0 aliphatic carbocycles. The zero-order valence-corrected chi connectivity index (χ0v) is 12.1. The van der Waals surface area contributed by atoms with Gasteiger partial charge in [-0.3, -0.25) is 0 Å². The van der Waals surface area contributed by atoms with Crippen molar-refractivity contribution in [1.82, 2.24) is 14.9 Å². The number of aryl methyl sites for hydroxylation is 1. The molecule has 1 aliphatic heterocycles. The first-order chi connectivity index (χ1) is 9.17. The zero-order valence-electron chi connectivity index (χ0n) is 12.1. The van der Waals surface area contributed by atoms with Gasteiger partial charge in [-0.25, -0.2) is 4.98 Å². The molecule has 2 rings (SSSR count). The van der Waals surface area contributed by atoms with Crippen LogP contribution in [0.5, 0.6) is 5.88 Å². The highest BCUT2D eigenvalue weighted by molar-refractivity contribution is 5.38. The van der Waals surface area contributed by atoms with Gasteiger partial charge in [-0.1, -0.05) is 6.92 Å². The Kier molecular flexibility index (Phi) is 4.96. The van der Waals surface area contributed by atoms with Crippen LogP contribution < -0.4 is 10.1 Å². The number of nitrogens with zero attached hydrogens (tertiary/aromatic N) is 3. The number of likely N-dealkylation sites (tertiary alicyclic amines) is 1. The van der Waals surface area contributed by atoms with Crippen LogP contribution >= 0.6 is 0 Å². The quantitative estimate of drug-likeness (QED) is 0.880. The molecule has 106 valence electrons. The number of anilines is 1. The Morgan fingerprint density at radius 1 is 1.37 bits per heavy atom. The van der Waals surface area contributed by atoms with E-state index >= 15 is 0 Å². The number of hydrogen-bond acceptors (Lipinski definition) is 5. The third kappa shape index (κ3) is 4.35. The summed E-state index contributed by atoms with van der Waals surface area (Å²) in [5.74, 6) is 3.07. The van der Waals surface area contributed by atoms with Crippen LogP contribution in [0, 0.1) is 12.8 Å². The molecule has 1 aliphatic rings. The highest BCUT2D eigenvalue weighted by Gasteiger charge is 2.14. The number of methoxy groups -OCH3 is 1. The van der Waals surface area contributed by atoms with E-state index in [1.165, 1.54) is 25.9 Å². The molecular formula is C14H24N4O. The van der Waals surface area contributed by atoms with E-state index in [9.17, 15) is 0 Å². The zero-order chi connectivity index (χ0) is 13.7. The maximum Gasteiger partial charge on any atom is 0.218 e. The average Bonchev–Trinajstić information content (AvgIpc) is 2.40. The minimum absolute atomic E-state index is 0.613. The van der Waals surface area contributed by atoms with E-state index in [1.54, 1.807) is 7.11 Å². The molecule has 0 unspecified atom stereocenters. The molecule has 0 bridgehead atoms. The second-order valence-corrected chi connectivity index (χ2v) is 5.29. The summed E-state index contributed by atoms with van der Waals surface area (Å²) in [4.78, 5) is 11.0. The second kappa shape index (κ2) is 6.70. The fourth-order valence-electron chi connectivity index (χ4n) is 2.36. The molecule has 19 heavy (non-hydrogen) atoms. The van der Waals surface area contributed by atoms with Crippen molar-refractivity contribution in [2.75, 3.05) is 38.6 Å². The number of hydrogen-bond donors (Lipinski definition) is 1. The van der Waals surface area contributed by atoms with E-state index in [0.29, 0.717) is 5.88 Å².